The minimum atomic E-state index is -0.987. The van der Waals surface area contributed by atoms with Crippen LogP contribution in [0.1, 0.15) is 21.5 Å². The van der Waals surface area contributed by atoms with Gasteiger partial charge in [0.2, 0.25) is 0 Å². The van der Waals surface area contributed by atoms with Gasteiger partial charge in [0.05, 0.1) is 23.8 Å². The van der Waals surface area contributed by atoms with E-state index in [1.165, 1.54) is 37.6 Å². The average Bonchev–Trinajstić information content (AvgIpc) is 2.79. The number of carbonyl (C=O) groups is 1. The summed E-state index contributed by atoms with van der Waals surface area (Å²) in [4.78, 5) is 25.0. The van der Waals surface area contributed by atoms with E-state index in [-0.39, 0.29) is 17.9 Å². The van der Waals surface area contributed by atoms with Crippen molar-refractivity contribution in [3.63, 3.8) is 0 Å². The Morgan fingerprint density at radius 3 is 2.59 bits per heavy atom. The quantitative estimate of drug-likeness (QED) is 0.249. The molecular formula is C21H17BrN4O6. The fourth-order valence-electron chi connectivity index (χ4n) is 2.55. The summed E-state index contributed by atoms with van der Waals surface area (Å²) in [6.07, 6.45) is 2.67. The Morgan fingerprint density at radius 1 is 1.25 bits per heavy atom. The normalized spacial score (nSPS) is 10.7. The van der Waals surface area contributed by atoms with Gasteiger partial charge in [0.25, 0.3) is 5.69 Å². The molecule has 0 bridgehead atoms. The summed E-state index contributed by atoms with van der Waals surface area (Å²) in [5, 5.41) is 23.7. The number of hydrazone groups is 1. The summed E-state index contributed by atoms with van der Waals surface area (Å²) in [6, 6.07) is 12.6. The highest BCUT2D eigenvalue weighted by Gasteiger charge is 2.11. The standard InChI is InChI=1S/C21H17BrN4O6/c1-31-18-8-15(10-24-25-20-7-6-16(11-23-20)26(29)30)17(22)9-19(18)32-12-13-2-4-14(5-3-13)21(27)28/h2-11H,12H2,1H3,(H,23,25)(H,27,28)/b24-10+. The highest BCUT2D eigenvalue weighted by Crippen LogP contribution is 2.33. The molecule has 0 saturated carbocycles. The van der Waals surface area contributed by atoms with Gasteiger partial charge in [-0.3, -0.25) is 15.5 Å². The van der Waals surface area contributed by atoms with Crippen molar-refractivity contribution in [3.05, 3.63) is 86.0 Å². The molecule has 2 aromatic carbocycles. The second kappa shape index (κ2) is 10.4. The van der Waals surface area contributed by atoms with E-state index >= 15 is 0 Å². The van der Waals surface area contributed by atoms with Crippen LogP contribution in [0.15, 0.2) is 64.3 Å². The van der Waals surface area contributed by atoms with E-state index in [2.05, 4.69) is 31.4 Å². The van der Waals surface area contributed by atoms with E-state index in [0.29, 0.717) is 27.4 Å². The Bertz CT molecular complexity index is 1150. The molecule has 0 atom stereocenters. The summed E-state index contributed by atoms with van der Waals surface area (Å²) in [6.45, 7) is 0.226. The number of nitrogens with zero attached hydrogens (tertiary/aromatic N) is 3. The van der Waals surface area contributed by atoms with Gasteiger partial charge in [-0.25, -0.2) is 9.78 Å². The Kier molecular flexibility index (Phi) is 7.34. The molecule has 3 rings (SSSR count). The van der Waals surface area contributed by atoms with Gasteiger partial charge in [0.1, 0.15) is 18.6 Å². The predicted octanol–water partition coefficient (Wildman–Crippen LogP) is 4.48. The fraction of sp³-hybridized carbons (Fsp3) is 0.0952. The van der Waals surface area contributed by atoms with E-state index in [1.54, 1.807) is 24.3 Å². The topological polar surface area (TPSA) is 136 Å². The molecule has 1 heterocycles. The lowest BCUT2D eigenvalue weighted by atomic mass is 10.1. The number of nitro groups is 1. The van der Waals surface area contributed by atoms with Crippen molar-refractivity contribution in [2.24, 2.45) is 5.10 Å². The number of halogens is 1. The second-order valence-electron chi connectivity index (χ2n) is 6.34. The van der Waals surface area contributed by atoms with E-state index in [4.69, 9.17) is 14.6 Å². The summed E-state index contributed by atoms with van der Waals surface area (Å²) in [7, 11) is 1.51. The minimum absolute atomic E-state index is 0.111. The number of ether oxygens (including phenoxy) is 2. The SMILES string of the molecule is COc1cc(/C=N/Nc2ccc([N+](=O)[O-])cn2)c(Br)cc1OCc1ccc(C(=O)O)cc1. The van der Waals surface area contributed by atoms with Gasteiger partial charge in [0.15, 0.2) is 11.5 Å². The Morgan fingerprint density at radius 2 is 2.00 bits per heavy atom. The summed E-state index contributed by atoms with van der Waals surface area (Å²) in [5.74, 6) is 0.331. The van der Waals surface area contributed by atoms with Crippen molar-refractivity contribution in [1.82, 2.24) is 4.98 Å². The molecule has 10 nitrogen and oxygen atoms in total. The summed E-state index contributed by atoms with van der Waals surface area (Å²) >= 11 is 3.46. The van der Waals surface area contributed by atoms with Gasteiger partial charge < -0.3 is 14.6 Å². The van der Waals surface area contributed by atoms with Gasteiger partial charge in [-0.2, -0.15) is 5.10 Å². The number of hydrogen-bond acceptors (Lipinski definition) is 8. The van der Waals surface area contributed by atoms with E-state index < -0.39 is 10.9 Å². The third-order valence-corrected chi connectivity index (χ3v) is 4.91. The van der Waals surface area contributed by atoms with Crippen LogP contribution < -0.4 is 14.9 Å². The highest BCUT2D eigenvalue weighted by molar-refractivity contribution is 9.10. The number of hydrogen-bond donors (Lipinski definition) is 2. The number of carboxylic acid groups (broad SMARTS) is 1. The molecule has 0 radical (unpaired) electrons. The van der Waals surface area contributed by atoms with Gasteiger partial charge in [-0.1, -0.05) is 12.1 Å². The van der Waals surface area contributed by atoms with Crippen LogP contribution in [0.2, 0.25) is 0 Å². The Hall–Kier alpha value is -3.99. The number of aromatic carboxylic acids is 1. The summed E-state index contributed by atoms with van der Waals surface area (Å²) < 4.78 is 11.9. The molecule has 32 heavy (non-hydrogen) atoms. The largest absolute Gasteiger partial charge is 0.493 e. The van der Waals surface area contributed by atoms with Crippen molar-refractivity contribution in [2.75, 3.05) is 12.5 Å². The predicted molar refractivity (Wildman–Crippen MR) is 121 cm³/mol. The van der Waals surface area contributed by atoms with Crippen molar-refractivity contribution < 1.29 is 24.3 Å². The molecule has 0 aliphatic rings. The van der Waals surface area contributed by atoms with Gasteiger partial charge in [-0.15, -0.1) is 0 Å². The first-order valence-electron chi connectivity index (χ1n) is 9.09. The Balaban J connectivity index is 1.67. The number of anilines is 1. The molecule has 164 valence electrons. The molecule has 11 heteroatoms. The molecule has 3 aromatic rings. The van der Waals surface area contributed by atoms with E-state index in [1.807, 2.05) is 0 Å². The maximum atomic E-state index is 10.9. The zero-order chi connectivity index (χ0) is 23.1. The number of rotatable bonds is 9. The molecular weight excluding hydrogens is 484 g/mol. The molecule has 0 aliphatic heterocycles. The average molecular weight is 501 g/mol. The van der Waals surface area contributed by atoms with Crippen LogP contribution in [-0.2, 0) is 6.61 Å². The number of aromatic nitrogens is 1. The van der Waals surface area contributed by atoms with Crippen molar-refractivity contribution >= 4 is 39.6 Å². The van der Waals surface area contributed by atoms with Crippen LogP contribution in [0.25, 0.3) is 0 Å². The van der Waals surface area contributed by atoms with E-state index in [0.717, 1.165) is 11.8 Å². The number of methoxy groups -OCH3 is 1. The first-order valence-corrected chi connectivity index (χ1v) is 9.88. The first kappa shape index (κ1) is 22.7. The molecule has 0 fully saturated rings. The molecule has 0 amide bonds. The maximum Gasteiger partial charge on any atom is 0.335 e. The van der Waals surface area contributed by atoms with Crippen molar-refractivity contribution in [3.8, 4) is 11.5 Å². The monoisotopic (exact) mass is 500 g/mol. The highest BCUT2D eigenvalue weighted by atomic mass is 79.9. The third kappa shape index (κ3) is 5.79. The van der Waals surface area contributed by atoms with Crippen LogP contribution >= 0.6 is 15.9 Å². The molecule has 1 aromatic heterocycles. The van der Waals surface area contributed by atoms with Crippen LogP contribution in [-0.4, -0.2) is 34.3 Å². The lowest BCUT2D eigenvalue weighted by Crippen LogP contribution is -2.01. The first-order chi connectivity index (χ1) is 15.4. The second-order valence-corrected chi connectivity index (χ2v) is 7.20. The number of nitrogens with one attached hydrogen (secondary N) is 1. The third-order valence-electron chi connectivity index (χ3n) is 4.22. The van der Waals surface area contributed by atoms with Crippen LogP contribution in [0.5, 0.6) is 11.5 Å². The molecule has 2 N–H and O–H groups in total. The summed E-state index contributed by atoms with van der Waals surface area (Å²) in [5.41, 5.74) is 4.29. The van der Waals surface area contributed by atoms with Crippen LogP contribution in [0.4, 0.5) is 11.5 Å². The number of pyridine rings is 1. The molecule has 0 spiro atoms. The van der Waals surface area contributed by atoms with Crippen LogP contribution in [0, 0.1) is 10.1 Å². The number of carboxylic acids is 1. The lowest BCUT2D eigenvalue weighted by Gasteiger charge is -2.13. The minimum Gasteiger partial charge on any atom is -0.493 e. The Labute approximate surface area is 190 Å². The van der Waals surface area contributed by atoms with Crippen molar-refractivity contribution in [1.29, 1.82) is 0 Å². The molecule has 0 saturated heterocycles. The lowest BCUT2D eigenvalue weighted by molar-refractivity contribution is -0.385. The van der Waals surface area contributed by atoms with Crippen LogP contribution in [0.3, 0.4) is 0 Å². The zero-order valence-corrected chi connectivity index (χ0v) is 18.3. The zero-order valence-electron chi connectivity index (χ0n) is 16.7. The molecule has 0 aliphatic carbocycles. The maximum absolute atomic E-state index is 10.9. The molecule has 0 unspecified atom stereocenters. The van der Waals surface area contributed by atoms with Gasteiger partial charge in [0, 0.05) is 16.1 Å². The smallest absolute Gasteiger partial charge is 0.335 e. The fourth-order valence-corrected chi connectivity index (χ4v) is 2.98. The number of benzene rings is 2. The van der Waals surface area contributed by atoms with Gasteiger partial charge >= 0.3 is 5.97 Å². The van der Waals surface area contributed by atoms with E-state index in [9.17, 15) is 14.9 Å². The van der Waals surface area contributed by atoms with Gasteiger partial charge in [-0.05, 0) is 51.8 Å². The van der Waals surface area contributed by atoms with Crippen molar-refractivity contribution in [2.45, 2.75) is 6.61 Å².